The Labute approximate surface area is 317 Å². The number of amides is 2. The number of halogens is 4. The number of nitrogens with one attached hydrogen (secondary N) is 2. The fourth-order valence-electron chi connectivity index (χ4n) is 6.54. The van der Waals surface area contributed by atoms with E-state index in [9.17, 15) is 18.0 Å². The van der Waals surface area contributed by atoms with Crippen molar-refractivity contribution in [1.29, 1.82) is 0 Å². The number of nitrogens with zero attached hydrogens (tertiary/aromatic N) is 5. The molecule has 274 valence electrons. The monoisotopic (exact) mass is 758 g/mol. The summed E-state index contributed by atoms with van der Waals surface area (Å²) in [5.74, 6) is 0.763. The van der Waals surface area contributed by atoms with Crippen LogP contribution in [0.15, 0.2) is 116 Å². The first-order valence-electron chi connectivity index (χ1n) is 17.1. The van der Waals surface area contributed by atoms with Crippen molar-refractivity contribution < 1.29 is 22.7 Å². The molecule has 0 fully saturated rings. The fraction of sp³-hybridized carbons (Fsp3) is 0.0976. The van der Waals surface area contributed by atoms with Gasteiger partial charge in [0.25, 0.3) is 0 Å². The van der Waals surface area contributed by atoms with Crippen molar-refractivity contribution in [1.82, 2.24) is 24.7 Å². The Hall–Kier alpha value is -6.73. The fourth-order valence-corrected chi connectivity index (χ4v) is 6.70. The molecule has 0 saturated heterocycles. The lowest BCUT2D eigenvalue weighted by Gasteiger charge is -2.15. The molecule has 55 heavy (non-hydrogen) atoms. The number of nitrogen functional groups attached to an aromatic ring is 1. The second-order valence-corrected chi connectivity index (χ2v) is 13.2. The molecular weight excluding hydrogens is 729 g/mol. The van der Waals surface area contributed by atoms with E-state index >= 15 is 0 Å². The molecule has 0 radical (unpaired) electrons. The zero-order chi connectivity index (χ0) is 38.3. The van der Waals surface area contributed by atoms with Crippen molar-refractivity contribution >= 4 is 34.8 Å². The van der Waals surface area contributed by atoms with Crippen molar-refractivity contribution in [3.63, 3.8) is 0 Å². The molecule has 4 N–H and O–H groups in total. The predicted molar refractivity (Wildman–Crippen MR) is 205 cm³/mol. The topological polar surface area (TPSA) is 133 Å². The van der Waals surface area contributed by atoms with E-state index in [0.717, 1.165) is 52.8 Å². The average molecular weight is 759 g/mol. The van der Waals surface area contributed by atoms with E-state index in [-0.39, 0.29) is 23.1 Å². The molecule has 0 spiro atoms. The lowest BCUT2D eigenvalue weighted by Crippen LogP contribution is -2.21. The highest BCUT2D eigenvalue weighted by atomic mass is 35.5. The van der Waals surface area contributed by atoms with Gasteiger partial charge in [-0.05, 0) is 94.8 Å². The number of pyridine rings is 1. The molecule has 3 aromatic heterocycles. The Morgan fingerprint density at radius 2 is 1.64 bits per heavy atom. The number of ether oxygens (including phenoxy) is 1. The smallest absolute Gasteiger partial charge is 0.416 e. The van der Waals surface area contributed by atoms with Crippen molar-refractivity contribution in [3.8, 4) is 51.0 Å². The van der Waals surface area contributed by atoms with Gasteiger partial charge in [0.15, 0.2) is 0 Å². The van der Waals surface area contributed by atoms with E-state index in [1.165, 1.54) is 40.5 Å². The van der Waals surface area contributed by atoms with Crippen LogP contribution in [-0.2, 0) is 19.0 Å². The Morgan fingerprint density at radius 1 is 0.873 bits per heavy atom. The highest BCUT2D eigenvalue weighted by molar-refractivity contribution is 6.30. The maximum Gasteiger partial charge on any atom is 0.416 e. The van der Waals surface area contributed by atoms with Crippen LogP contribution in [0.1, 0.15) is 29.2 Å². The van der Waals surface area contributed by atoms with Gasteiger partial charge in [-0.15, -0.1) is 0 Å². The van der Waals surface area contributed by atoms with Crippen LogP contribution in [0.2, 0.25) is 5.02 Å². The summed E-state index contributed by atoms with van der Waals surface area (Å²) in [6, 6.07) is 25.4. The summed E-state index contributed by atoms with van der Waals surface area (Å²) >= 11 is 6.06. The third-order valence-corrected chi connectivity index (χ3v) is 9.43. The van der Waals surface area contributed by atoms with Gasteiger partial charge in [0.2, 0.25) is 0 Å². The standard InChI is InChI=1S/C41H30ClF3N8O2/c1-2-23-15-32-30-6-4-3-5-25(30)17-33(32)34(16-23)35-13-14-53(52-35)37-12-9-26(41(43,44)45)18-36(37)51-39(54)50-28-21-48-40(49-22-28)55-29-10-7-24(8-11-29)31-19-27(42)20-47-38(31)46/h3-16,18-22H,2,17H2,1H3,(H2,46,47)(H2,50,51,54). The number of hydrogen-bond donors (Lipinski definition) is 3. The van der Waals surface area contributed by atoms with E-state index in [0.29, 0.717) is 27.8 Å². The summed E-state index contributed by atoms with van der Waals surface area (Å²) in [6.07, 6.45) is 2.66. The zero-order valence-electron chi connectivity index (χ0n) is 29.0. The van der Waals surface area contributed by atoms with E-state index < -0.39 is 17.8 Å². The minimum atomic E-state index is -4.65. The number of anilines is 3. The lowest BCUT2D eigenvalue weighted by molar-refractivity contribution is -0.137. The van der Waals surface area contributed by atoms with Gasteiger partial charge in [-0.1, -0.05) is 61.0 Å². The molecule has 0 saturated carbocycles. The van der Waals surface area contributed by atoms with Gasteiger partial charge in [0.1, 0.15) is 11.6 Å². The predicted octanol–water partition coefficient (Wildman–Crippen LogP) is 10.2. The van der Waals surface area contributed by atoms with E-state index in [2.05, 4.69) is 56.8 Å². The van der Waals surface area contributed by atoms with Gasteiger partial charge in [-0.3, -0.25) is 0 Å². The molecule has 0 unspecified atom stereocenters. The first-order valence-corrected chi connectivity index (χ1v) is 17.5. The van der Waals surface area contributed by atoms with E-state index in [4.69, 9.17) is 27.2 Å². The molecule has 0 bridgehead atoms. The summed E-state index contributed by atoms with van der Waals surface area (Å²) in [5.41, 5.74) is 14.3. The summed E-state index contributed by atoms with van der Waals surface area (Å²) in [5, 5.41) is 10.4. The molecule has 3 heterocycles. The Balaban J connectivity index is 1.000. The summed E-state index contributed by atoms with van der Waals surface area (Å²) in [6.45, 7) is 2.09. The maximum atomic E-state index is 13.9. The first-order chi connectivity index (χ1) is 26.5. The normalized spacial score (nSPS) is 11.9. The quantitative estimate of drug-likeness (QED) is 0.140. The molecule has 10 nitrogen and oxygen atoms in total. The summed E-state index contributed by atoms with van der Waals surface area (Å²) in [4.78, 5) is 25.6. The third kappa shape index (κ3) is 7.29. The number of urea groups is 1. The van der Waals surface area contributed by atoms with Gasteiger partial charge in [0, 0.05) is 23.5 Å². The molecule has 8 rings (SSSR count). The van der Waals surface area contributed by atoms with Gasteiger partial charge < -0.3 is 21.1 Å². The van der Waals surface area contributed by atoms with Gasteiger partial charge in [-0.25, -0.2) is 24.4 Å². The van der Waals surface area contributed by atoms with E-state index in [1.807, 2.05) is 18.2 Å². The van der Waals surface area contributed by atoms with Crippen LogP contribution in [0.3, 0.4) is 0 Å². The minimum Gasteiger partial charge on any atom is -0.424 e. The average Bonchev–Trinajstić information content (AvgIpc) is 3.82. The van der Waals surface area contributed by atoms with Gasteiger partial charge in [0.05, 0.1) is 45.7 Å². The lowest BCUT2D eigenvalue weighted by atomic mass is 9.95. The minimum absolute atomic E-state index is 0.00343. The van der Waals surface area contributed by atoms with Crippen LogP contribution >= 0.6 is 11.6 Å². The Morgan fingerprint density at radius 3 is 2.40 bits per heavy atom. The van der Waals surface area contributed by atoms with Gasteiger partial charge in [-0.2, -0.15) is 18.3 Å². The Kier molecular flexibility index (Phi) is 9.15. The van der Waals surface area contributed by atoms with E-state index in [1.54, 1.807) is 36.5 Å². The highest BCUT2D eigenvalue weighted by Crippen LogP contribution is 2.43. The number of alkyl halides is 3. The van der Waals surface area contributed by atoms with Crippen LogP contribution in [0, 0.1) is 0 Å². The number of carbonyl (C=O) groups excluding carboxylic acids is 1. The number of hydrogen-bond acceptors (Lipinski definition) is 7. The van der Waals surface area contributed by atoms with Crippen molar-refractivity contribution in [2.45, 2.75) is 25.9 Å². The second kappa shape index (κ2) is 14.3. The number of nitrogens with two attached hydrogens (primary N) is 1. The molecule has 7 aromatic rings. The highest BCUT2D eigenvalue weighted by Gasteiger charge is 2.32. The van der Waals surface area contributed by atoms with Crippen molar-refractivity contribution in [2.24, 2.45) is 0 Å². The first kappa shape index (κ1) is 35.3. The number of carbonyl (C=O) groups is 1. The number of fused-ring (bicyclic) bond motifs is 3. The second-order valence-electron chi connectivity index (χ2n) is 12.8. The number of aromatic nitrogens is 5. The Bertz CT molecular complexity index is 2570. The number of aryl methyl sites for hydroxylation is 1. The van der Waals surface area contributed by atoms with Crippen molar-refractivity contribution in [2.75, 3.05) is 16.4 Å². The summed E-state index contributed by atoms with van der Waals surface area (Å²) in [7, 11) is 0. The van der Waals surface area contributed by atoms with Gasteiger partial charge >= 0.3 is 18.2 Å². The molecule has 4 aromatic carbocycles. The number of rotatable bonds is 8. The number of benzene rings is 4. The van der Waals surface area contributed by atoms with Crippen LogP contribution in [0.5, 0.6) is 11.8 Å². The third-order valence-electron chi connectivity index (χ3n) is 9.22. The summed E-state index contributed by atoms with van der Waals surface area (Å²) < 4.78 is 48.8. The maximum absolute atomic E-state index is 13.9. The molecule has 14 heteroatoms. The van der Waals surface area contributed by atoms with Crippen LogP contribution in [0.4, 0.5) is 35.2 Å². The van der Waals surface area contributed by atoms with Crippen LogP contribution < -0.4 is 21.1 Å². The molecule has 1 aliphatic rings. The molecule has 0 aliphatic heterocycles. The molecular formula is C41H30ClF3N8O2. The molecule has 1 aliphatic carbocycles. The zero-order valence-corrected chi connectivity index (χ0v) is 29.8. The molecule has 2 amide bonds. The van der Waals surface area contributed by atoms with Crippen molar-refractivity contribution in [3.05, 3.63) is 143 Å². The SMILES string of the molecule is CCc1cc(-c2ccn(-c3ccc(C(F)(F)F)cc3NC(=O)Nc3cnc(Oc4ccc(-c5cc(Cl)cnc5N)cc4)nc3)n2)c2c(c1)-c1ccccc1C2. The largest absolute Gasteiger partial charge is 0.424 e. The van der Waals surface area contributed by atoms with Crippen LogP contribution in [0.25, 0.3) is 39.2 Å². The van der Waals surface area contributed by atoms with Crippen LogP contribution in [-0.4, -0.2) is 30.8 Å². The molecule has 0 atom stereocenters.